The normalized spacial score (nSPS) is 13.9. The van der Waals surface area contributed by atoms with Gasteiger partial charge in [-0.1, -0.05) is 34.1 Å². The highest BCUT2D eigenvalue weighted by molar-refractivity contribution is 9.10. The third-order valence-corrected chi connectivity index (χ3v) is 4.55. The van der Waals surface area contributed by atoms with Crippen LogP contribution in [-0.4, -0.2) is 10.5 Å². The van der Waals surface area contributed by atoms with Gasteiger partial charge in [0.25, 0.3) is 0 Å². The highest BCUT2D eigenvalue weighted by Gasteiger charge is 2.08. The van der Waals surface area contributed by atoms with Gasteiger partial charge >= 0.3 is 0 Å². The van der Waals surface area contributed by atoms with Crippen LogP contribution in [0.3, 0.4) is 0 Å². The molecule has 0 amide bonds. The fraction of sp³-hybridized carbons (Fsp3) is 0.0769. The smallest absolute Gasteiger partial charge is 0.150 e. The zero-order chi connectivity index (χ0) is 13.2. The number of rotatable bonds is 2. The zero-order valence-corrected chi connectivity index (χ0v) is 12.0. The number of halogens is 2. The summed E-state index contributed by atoms with van der Waals surface area (Å²) in [7, 11) is -2.63. The SMILES string of the molecule is CS(=O)(=Nc1ccc(Br)cc1F)c1ccccc1. The highest BCUT2D eigenvalue weighted by Crippen LogP contribution is 2.25. The Kier molecular flexibility index (Phi) is 3.82. The molecule has 0 aliphatic carbocycles. The molecule has 0 fully saturated rings. The summed E-state index contributed by atoms with van der Waals surface area (Å²) in [5, 5.41) is 0. The molecule has 0 aromatic heterocycles. The summed E-state index contributed by atoms with van der Waals surface area (Å²) < 4.78 is 30.8. The van der Waals surface area contributed by atoms with E-state index in [9.17, 15) is 8.60 Å². The summed E-state index contributed by atoms with van der Waals surface area (Å²) in [5.74, 6) is -0.491. The summed E-state index contributed by atoms with van der Waals surface area (Å²) >= 11 is 3.17. The van der Waals surface area contributed by atoms with Crippen LogP contribution in [0.4, 0.5) is 10.1 Å². The lowest BCUT2D eigenvalue weighted by atomic mass is 10.3. The van der Waals surface area contributed by atoms with E-state index in [2.05, 4.69) is 20.3 Å². The molecule has 0 heterocycles. The molecule has 0 radical (unpaired) electrons. The van der Waals surface area contributed by atoms with Gasteiger partial charge in [0.05, 0.1) is 9.73 Å². The molecule has 2 aromatic rings. The molecule has 0 aliphatic rings. The predicted octanol–water partition coefficient (Wildman–Crippen LogP) is 4.38. The van der Waals surface area contributed by atoms with Gasteiger partial charge in [0, 0.05) is 15.6 Å². The van der Waals surface area contributed by atoms with Gasteiger partial charge in [0.1, 0.15) is 5.69 Å². The van der Waals surface area contributed by atoms with Gasteiger partial charge in [-0.25, -0.2) is 8.60 Å². The minimum absolute atomic E-state index is 0.106. The summed E-state index contributed by atoms with van der Waals surface area (Å²) in [5.41, 5.74) is 0.106. The number of nitrogens with zero attached hydrogens (tertiary/aromatic N) is 1. The Balaban J connectivity index is 2.53. The second kappa shape index (κ2) is 5.20. The molecule has 94 valence electrons. The number of hydrogen-bond acceptors (Lipinski definition) is 2. The first-order valence-electron chi connectivity index (χ1n) is 5.21. The average molecular weight is 328 g/mol. The molecule has 0 N–H and O–H groups in total. The Morgan fingerprint density at radius 3 is 2.44 bits per heavy atom. The number of hydrogen-bond donors (Lipinski definition) is 0. The molecular weight excluding hydrogens is 317 g/mol. The number of benzene rings is 2. The Bertz CT molecular complexity index is 679. The van der Waals surface area contributed by atoms with Crippen LogP contribution in [0.5, 0.6) is 0 Å². The molecule has 2 rings (SSSR count). The van der Waals surface area contributed by atoms with Crippen molar-refractivity contribution in [2.45, 2.75) is 4.90 Å². The summed E-state index contributed by atoms with van der Waals surface area (Å²) in [6.45, 7) is 0. The van der Waals surface area contributed by atoms with Gasteiger partial charge < -0.3 is 0 Å². The summed E-state index contributed by atoms with van der Waals surface area (Å²) in [4.78, 5) is 0.590. The lowest BCUT2D eigenvalue weighted by Crippen LogP contribution is -1.96. The van der Waals surface area contributed by atoms with E-state index in [1.165, 1.54) is 18.4 Å². The van der Waals surface area contributed by atoms with Crippen molar-refractivity contribution in [2.24, 2.45) is 4.36 Å². The Morgan fingerprint density at radius 1 is 1.17 bits per heavy atom. The minimum Gasteiger partial charge on any atom is -0.245 e. The lowest BCUT2D eigenvalue weighted by molar-refractivity contribution is 0.628. The van der Waals surface area contributed by atoms with Crippen molar-refractivity contribution in [1.29, 1.82) is 0 Å². The maximum absolute atomic E-state index is 13.6. The lowest BCUT2D eigenvalue weighted by Gasteiger charge is -2.05. The quantitative estimate of drug-likeness (QED) is 0.804. The van der Waals surface area contributed by atoms with Gasteiger partial charge in [-0.2, -0.15) is 4.36 Å². The first-order chi connectivity index (χ1) is 8.49. The second-order valence-electron chi connectivity index (χ2n) is 3.80. The van der Waals surface area contributed by atoms with Gasteiger partial charge in [-0.15, -0.1) is 0 Å². The molecule has 5 heteroatoms. The van der Waals surface area contributed by atoms with E-state index in [4.69, 9.17) is 0 Å². The van der Waals surface area contributed by atoms with E-state index >= 15 is 0 Å². The predicted molar refractivity (Wildman–Crippen MR) is 75.0 cm³/mol. The van der Waals surface area contributed by atoms with E-state index in [1.807, 2.05) is 6.07 Å². The molecule has 0 spiro atoms. The summed E-state index contributed by atoms with van der Waals surface area (Å²) in [6.07, 6.45) is 1.50. The second-order valence-corrected chi connectivity index (χ2v) is 6.98. The van der Waals surface area contributed by atoms with Crippen molar-refractivity contribution in [3.63, 3.8) is 0 Å². The fourth-order valence-corrected chi connectivity index (χ4v) is 3.09. The van der Waals surface area contributed by atoms with Crippen LogP contribution in [0.25, 0.3) is 0 Å². The molecule has 2 nitrogen and oxygen atoms in total. The molecule has 0 aliphatic heterocycles. The van der Waals surface area contributed by atoms with Crippen LogP contribution < -0.4 is 0 Å². The largest absolute Gasteiger partial charge is 0.245 e. The van der Waals surface area contributed by atoms with E-state index in [0.29, 0.717) is 9.37 Å². The van der Waals surface area contributed by atoms with Crippen LogP contribution >= 0.6 is 15.9 Å². The maximum Gasteiger partial charge on any atom is 0.150 e. The van der Waals surface area contributed by atoms with Crippen molar-refractivity contribution in [2.75, 3.05) is 6.26 Å². The van der Waals surface area contributed by atoms with Crippen LogP contribution in [0.2, 0.25) is 0 Å². The fourth-order valence-electron chi connectivity index (χ4n) is 1.47. The molecule has 0 bridgehead atoms. The molecule has 0 saturated heterocycles. The van der Waals surface area contributed by atoms with Gasteiger partial charge in [0.15, 0.2) is 5.82 Å². The molecule has 1 atom stereocenters. The molecule has 0 saturated carbocycles. The molecular formula is C13H11BrFNOS. The standard InChI is InChI=1S/C13H11BrFNOS/c1-18(17,11-5-3-2-4-6-11)16-13-8-7-10(14)9-12(13)15/h2-9H,1H3. The third-order valence-electron chi connectivity index (χ3n) is 2.36. The van der Waals surface area contributed by atoms with Gasteiger partial charge in [0.2, 0.25) is 0 Å². The van der Waals surface area contributed by atoms with Crippen LogP contribution in [0.1, 0.15) is 0 Å². The van der Waals surface area contributed by atoms with Crippen LogP contribution in [-0.2, 0) is 9.73 Å². The topological polar surface area (TPSA) is 29.4 Å². The Morgan fingerprint density at radius 2 is 1.83 bits per heavy atom. The van der Waals surface area contributed by atoms with Crippen molar-refractivity contribution >= 4 is 31.3 Å². The first-order valence-corrected chi connectivity index (χ1v) is 7.93. The maximum atomic E-state index is 13.6. The monoisotopic (exact) mass is 327 g/mol. The van der Waals surface area contributed by atoms with Crippen LogP contribution in [0.15, 0.2) is 62.3 Å². The average Bonchev–Trinajstić information content (AvgIpc) is 2.34. The minimum atomic E-state index is -2.63. The van der Waals surface area contributed by atoms with Gasteiger partial charge in [-0.05, 0) is 30.3 Å². The molecule has 18 heavy (non-hydrogen) atoms. The third kappa shape index (κ3) is 2.97. The molecule has 1 unspecified atom stereocenters. The highest BCUT2D eigenvalue weighted by atomic mass is 79.9. The Labute approximate surface area is 114 Å². The van der Waals surface area contributed by atoms with E-state index in [1.54, 1.807) is 30.3 Å². The van der Waals surface area contributed by atoms with Gasteiger partial charge in [-0.3, -0.25) is 0 Å². The Hall–Kier alpha value is -1.20. The van der Waals surface area contributed by atoms with E-state index in [0.717, 1.165) is 0 Å². The van der Waals surface area contributed by atoms with Crippen molar-refractivity contribution in [3.05, 3.63) is 58.8 Å². The van der Waals surface area contributed by atoms with Crippen molar-refractivity contribution < 1.29 is 8.60 Å². The van der Waals surface area contributed by atoms with E-state index in [-0.39, 0.29) is 5.69 Å². The van der Waals surface area contributed by atoms with Crippen molar-refractivity contribution in [3.8, 4) is 0 Å². The van der Waals surface area contributed by atoms with Crippen molar-refractivity contribution in [1.82, 2.24) is 0 Å². The zero-order valence-electron chi connectivity index (χ0n) is 9.64. The summed E-state index contributed by atoms with van der Waals surface area (Å²) in [6, 6.07) is 13.3. The first kappa shape index (κ1) is 13.2. The van der Waals surface area contributed by atoms with E-state index < -0.39 is 15.5 Å². The van der Waals surface area contributed by atoms with Crippen LogP contribution in [0, 0.1) is 5.82 Å². The molecule has 2 aromatic carbocycles.